The molecule has 1 atom stereocenters. The minimum atomic E-state index is -3.38. The summed E-state index contributed by atoms with van der Waals surface area (Å²) in [5.74, 6) is -0.319. The molecule has 1 fully saturated rings. The second-order valence-corrected chi connectivity index (χ2v) is 5.50. The number of hydrazine groups is 1. The molecule has 1 amide bonds. The molecule has 0 unspecified atom stereocenters. The van der Waals surface area contributed by atoms with E-state index in [0.29, 0.717) is 25.9 Å². The van der Waals surface area contributed by atoms with Gasteiger partial charge in [0.25, 0.3) is 5.91 Å². The zero-order valence-corrected chi connectivity index (χ0v) is 9.83. The number of amides is 1. The normalized spacial score (nSPS) is 25.4. The highest BCUT2D eigenvalue weighted by atomic mass is 32.2. The highest BCUT2D eigenvalue weighted by Gasteiger charge is 2.33. The summed E-state index contributed by atoms with van der Waals surface area (Å²) < 4.78 is 24.0. The Morgan fingerprint density at radius 1 is 1.53 bits per heavy atom. The van der Waals surface area contributed by atoms with E-state index >= 15 is 0 Å². The standard InChI is InChI=1S/C8H17N3O3S/c1-3-10-8(12)7(9)5-4-6-11(10)15(2,13)14/h7H,3-6,9H2,1-2H3/t7-/m0/s1. The van der Waals surface area contributed by atoms with Crippen molar-refractivity contribution in [3.8, 4) is 0 Å². The summed E-state index contributed by atoms with van der Waals surface area (Å²) >= 11 is 0. The second kappa shape index (κ2) is 4.46. The van der Waals surface area contributed by atoms with Gasteiger partial charge in [-0.1, -0.05) is 0 Å². The molecule has 6 nitrogen and oxygen atoms in total. The highest BCUT2D eigenvalue weighted by molar-refractivity contribution is 7.88. The van der Waals surface area contributed by atoms with E-state index in [2.05, 4.69) is 0 Å². The first kappa shape index (κ1) is 12.4. The van der Waals surface area contributed by atoms with Crippen LogP contribution in [-0.2, 0) is 14.8 Å². The molecule has 0 aliphatic carbocycles. The van der Waals surface area contributed by atoms with E-state index in [9.17, 15) is 13.2 Å². The Kier molecular flexibility index (Phi) is 3.69. The van der Waals surface area contributed by atoms with Crippen molar-refractivity contribution in [2.45, 2.75) is 25.8 Å². The summed E-state index contributed by atoms with van der Waals surface area (Å²) in [6, 6.07) is -0.586. The van der Waals surface area contributed by atoms with Crippen LogP contribution < -0.4 is 5.73 Å². The maximum Gasteiger partial charge on any atom is 0.254 e. The van der Waals surface area contributed by atoms with E-state index in [0.717, 1.165) is 10.7 Å². The Hall–Kier alpha value is -0.660. The third kappa shape index (κ3) is 2.67. The molecule has 15 heavy (non-hydrogen) atoms. The van der Waals surface area contributed by atoms with E-state index in [1.807, 2.05) is 0 Å². The van der Waals surface area contributed by atoms with E-state index in [-0.39, 0.29) is 5.91 Å². The number of carbonyl (C=O) groups is 1. The van der Waals surface area contributed by atoms with Crippen LogP contribution >= 0.6 is 0 Å². The molecule has 2 N–H and O–H groups in total. The average Bonchev–Trinajstić information content (AvgIpc) is 2.26. The largest absolute Gasteiger partial charge is 0.320 e. The third-order valence-corrected chi connectivity index (χ3v) is 3.53. The Morgan fingerprint density at radius 3 is 2.60 bits per heavy atom. The SMILES string of the molecule is CCN1C(=O)[C@@H](N)CCCN1S(C)(=O)=O. The molecule has 0 radical (unpaired) electrons. The van der Waals surface area contributed by atoms with Gasteiger partial charge in [-0.2, -0.15) is 0 Å². The van der Waals surface area contributed by atoms with Crippen molar-refractivity contribution in [1.82, 2.24) is 9.42 Å². The van der Waals surface area contributed by atoms with Gasteiger partial charge >= 0.3 is 0 Å². The smallest absolute Gasteiger partial charge is 0.254 e. The molecule has 1 aliphatic heterocycles. The van der Waals surface area contributed by atoms with Crippen molar-refractivity contribution >= 4 is 15.9 Å². The van der Waals surface area contributed by atoms with Gasteiger partial charge in [-0.3, -0.25) is 9.80 Å². The van der Waals surface area contributed by atoms with Crippen LogP contribution in [-0.4, -0.2) is 49.1 Å². The first-order valence-corrected chi connectivity index (χ1v) is 6.77. The van der Waals surface area contributed by atoms with E-state index < -0.39 is 16.1 Å². The molecule has 88 valence electrons. The van der Waals surface area contributed by atoms with E-state index in [1.165, 1.54) is 5.01 Å². The summed E-state index contributed by atoms with van der Waals surface area (Å²) in [5, 5.41) is 1.22. The van der Waals surface area contributed by atoms with Crippen molar-refractivity contribution in [3.05, 3.63) is 0 Å². The summed E-state index contributed by atoms with van der Waals surface area (Å²) in [6.45, 7) is 2.37. The molecule has 0 aromatic heterocycles. The Morgan fingerprint density at radius 2 is 2.13 bits per heavy atom. The molecular weight excluding hydrogens is 218 g/mol. The van der Waals surface area contributed by atoms with Gasteiger partial charge in [-0.05, 0) is 19.8 Å². The second-order valence-electron chi connectivity index (χ2n) is 3.61. The van der Waals surface area contributed by atoms with Gasteiger partial charge in [0.15, 0.2) is 0 Å². The van der Waals surface area contributed by atoms with Crippen LogP contribution in [0.15, 0.2) is 0 Å². The fourth-order valence-corrected chi connectivity index (χ4v) is 2.67. The van der Waals surface area contributed by atoms with Crippen molar-refractivity contribution in [2.24, 2.45) is 5.73 Å². The molecule has 1 rings (SSSR count). The number of hydrogen-bond donors (Lipinski definition) is 1. The van der Waals surface area contributed by atoms with Gasteiger partial charge in [-0.15, -0.1) is 4.41 Å². The zero-order valence-electron chi connectivity index (χ0n) is 9.01. The molecule has 1 saturated heterocycles. The van der Waals surface area contributed by atoms with Crippen LogP contribution in [0.2, 0.25) is 0 Å². The van der Waals surface area contributed by atoms with Crippen molar-refractivity contribution in [3.63, 3.8) is 0 Å². The molecule has 0 aromatic carbocycles. The molecule has 1 heterocycles. The van der Waals surface area contributed by atoms with Gasteiger partial charge in [0.05, 0.1) is 12.3 Å². The van der Waals surface area contributed by atoms with E-state index in [4.69, 9.17) is 5.73 Å². The van der Waals surface area contributed by atoms with Crippen LogP contribution in [0.25, 0.3) is 0 Å². The fourth-order valence-electron chi connectivity index (χ4n) is 1.65. The van der Waals surface area contributed by atoms with Gasteiger partial charge < -0.3 is 5.73 Å². The van der Waals surface area contributed by atoms with Crippen molar-refractivity contribution in [2.75, 3.05) is 19.3 Å². The Balaban J connectivity index is 3.01. The maximum absolute atomic E-state index is 11.7. The quantitative estimate of drug-likeness (QED) is 0.674. The Labute approximate surface area is 90.0 Å². The van der Waals surface area contributed by atoms with Crippen LogP contribution in [0, 0.1) is 0 Å². The van der Waals surface area contributed by atoms with Crippen LogP contribution in [0.4, 0.5) is 0 Å². The lowest BCUT2D eigenvalue weighted by Gasteiger charge is -2.30. The topological polar surface area (TPSA) is 83.7 Å². The Bertz CT molecular complexity index is 341. The van der Waals surface area contributed by atoms with Crippen LogP contribution in [0.1, 0.15) is 19.8 Å². The lowest BCUT2D eigenvalue weighted by atomic mass is 10.2. The maximum atomic E-state index is 11.7. The number of nitrogens with two attached hydrogens (primary N) is 1. The monoisotopic (exact) mass is 235 g/mol. The van der Waals surface area contributed by atoms with E-state index in [1.54, 1.807) is 6.92 Å². The summed E-state index contributed by atoms with van der Waals surface area (Å²) in [4.78, 5) is 11.7. The van der Waals surface area contributed by atoms with Crippen LogP contribution in [0.3, 0.4) is 0 Å². The molecule has 0 bridgehead atoms. The zero-order chi connectivity index (χ0) is 11.6. The van der Waals surface area contributed by atoms with Gasteiger partial charge in [0, 0.05) is 13.1 Å². The molecule has 7 heteroatoms. The number of rotatable bonds is 2. The van der Waals surface area contributed by atoms with Gasteiger partial charge in [0.2, 0.25) is 10.0 Å². The minimum absolute atomic E-state index is 0.319. The third-order valence-electron chi connectivity index (χ3n) is 2.39. The minimum Gasteiger partial charge on any atom is -0.320 e. The number of sulfonamides is 1. The summed E-state index contributed by atoms with van der Waals surface area (Å²) in [5.41, 5.74) is 5.64. The highest BCUT2D eigenvalue weighted by Crippen LogP contribution is 2.14. The molecule has 0 aromatic rings. The number of hydrogen-bond acceptors (Lipinski definition) is 4. The molecule has 0 spiro atoms. The molecule has 0 saturated carbocycles. The number of carbonyl (C=O) groups excluding carboxylic acids is 1. The first-order valence-electron chi connectivity index (χ1n) is 4.92. The summed E-state index contributed by atoms with van der Waals surface area (Å²) in [7, 11) is -3.38. The predicted molar refractivity (Wildman–Crippen MR) is 56.1 cm³/mol. The van der Waals surface area contributed by atoms with Crippen molar-refractivity contribution in [1.29, 1.82) is 0 Å². The lowest BCUT2D eigenvalue weighted by Crippen LogP contribution is -2.52. The van der Waals surface area contributed by atoms with Gasteiger partial charge in [0.1, 0.15) is 0 Å². The van der Waals surface area contributed by atoms with Crippen molar-refractivity contribution < 1.29 is 13.2 Å². The molecule has 1 aliphatic rings. The number of nitrogens with zero attached hydrogens (tertiary/aromatic N) is 2. The predicted octanol–water partition coefficient (Wildman–Crippen LogP) is -0.867. The molecular formula is C8H17N3O3S. The average molecular weight is 235 g/mol. The first-order chi connectivity index (χ1) is 6.88. The lowest BCUT2D eigenvalue weighted by molar-refractivity contribution is -0.140. The fraction of sp³-hybridized carbons (Fsp3) is 0.875. The van der Waals surface area contributed by atoms with Gasteiger partial charge in [-0.25, -0.2) is 8.42 Å². The van der Waals surface area contributed by atoms with Crippen LogP contribution in [0.5, 0.6) is 0 Å². The summed E-state index contributed by atoms with van der Waals surface area (Å²) in [6.07, 6.45) is 2.23. The number of likely N-dealkylation sites (N-methyl/N-ethyl adjacent to an activating group) is 1.